The zero-order chi connectivity index (χ0) is 13.9. The van der Waals surface area contributed by atoms with E-state index in [1.165, 1.54) is 11.1 Å². The van der Waals surface area contributed by atoms with E-state index in [9.17, 15) is 0 Å². The third kappa shape index (κ3) is 2.65. The maximum Gasteiger partial charge on any atom is 0.119 e. The molecule has 4 heteroatoms. The fraction of sp³-hybridized carbons (Fsp3) is 0.375. The molecule has 1 aromatic carbocycles. The van der Waals surface area contributed by atoms with E-state index in [2.05, 4.69) is 27.4 Å². The van der Waals surface area contributed by atoms with Crippen LogP contribution in [0.2, 0.25) is 0 Å². The van der Waals surface area contributed by atoms with Crippen molar-refractivity contribution in [1.82, 2.24) is 15.3 Å². The van der Waals surface area contributed by atoms with Crippen LogP contribution < -0.4 is 10.1 Å². The zero-order valence-corrected chi connectivity index (χ0v) is 11.9. The molecule has 1 aliphatic rings. The van der Waals surface area contributed by atoms with Crippen molar-refractivity contribution in [1.29, 1.82) is 0 Å². The molecule has 1 aromatic heterocycles. The fourth-order valence-corrected chi connectivity index (χ4v) is 2.66. The second-order valence-corrected chi connectivity index (χ2v) is 5.19. The highest BCUT2D eigenvalue weighted by Crippen LogP contribution is 2.33. The molecule has 0 fully saturated rings. The van der Waals surface area contributed by atoms with Crippen LogP contribution in [0.4, 0.5) is 0 Å². The molecule has 0 bridgehead atoms. The van der Waals surface area contributed by atoms with E-state index in [1.807, 2.05) is 25.4 Å². The van der Waals surface area contributed by atoms with Crippen molar-refractivity contribution in [2.45, 2.75) is 32.4 Å². The fourth-order valence-electron chi connectivity index (χ4n) is 2.66. The first kappa shape index (κ1) is 13.1. The normalized spacial score (nSPS) is 17.0. The van der Waals surface area contributed by atoms with Crippen molar-refractivity contribution in [3.05, 3.63) is 53.1 Å². The van der Waals surface area contributed by atoms with Gasteiger partial charge in [-0.3, -0.25) is 9.97 Å². The Morgan fingerprint density at radius 1 is 1.30 bits per heavy atom. The van der Waals surface area contributed by atoms with E-state index in [0.717, 1.165) is 36.5 Å². The van der Waals surface area contributed by atoms with E-state index < -0.39 is 0 Å². The van der Waals surface area contributed by atoms with E-state index in [0.29, 0.717) is 6.04 Å². The van der Waals surface area contributed by atoms with Crippen molar-refractivity contribution in [2.24, 2.45) is 0 Å². The van der Waals surface area contributed by atoms with Crippen molar-refractivity contribution < 1.29 is 4.74 Å². The average molecular weight is 269 g/mol. The summed E-state index contributed by atoms with van der Waals surface area (Å²) in [7, 11) is 1.71. The van der Waals surface area contributed by atoms with Gasteiger partial charge in [0.1, 0.15) is 5.75 Å². The van der Waals surface area contributed by atoms with Gasteiger partial charge < -0.3 is 10.1 Å². The van der Waals surface area contributed by atoms with E-state index >= 15 is 0 Å². The Hall–Kier alpha value is -1.94. The number of nitrogens with zero attached hydrogens (tertiary/aromatic N) is 2. The minimum absolute atomic E-state index is 0.378. The molecule has 1 heterocycles. The first-order valence-corrected chi connectivity index (χ1v) is 6.94. The molecule has 1 unspecified atom stereocenters. The van der Waals surface area contributed by atoms with Gasteiger partial charge in [0.2, 0.25) is 0 Å². The monoisotopic (exact) mass is 269 g/mol. The number of hydrogen-bond acceptors (Lipinski definition) is 4. The third-order valence-electron chi connectivity index (χ3n) is 3.79. The van der Waals surface area contributed by atoms with E-state index in [1.54, 1.807) is 7.11 Å². The predicted octanol–water partition coefficient (Wildman–Crippen LogP) is 2.57. The minimum atomic E-state index is 0.378. The summed E-state index contributed by atoms with van der Waals surface area (Å²) >= 11 is 0. The molecule has 1 N–H and O–H groups in total. The average Bonchev–Trinajstić information content (AvgIpc) is 2.89. The van der Waals surface area contributed by atoms with Crippen molar-refractivity contribution in [3.8, 4) is 5.75 Å². The number of rotatable bonds is 4. The molecule has 0 saturated carbocycles. The number of aromatic nitrogens is 2. The maximum atomic E-state index is 5.31. The zero-order valence-electron chi connectivity index (χ0n) is 11.9. The summed E-state index contributed by atoms with van der Waals surface area (Å²) in [5.74, 6) is 0.924. The van der Waals surface area contributed by atoms with Crippen LogP contribution in [0.1, 0.15) is 35.0 Å². The summed E-state index contributed by atoms with van der Waals surface area (Å²) in [6, 6.07) is 6.72. The van der Waals surface area contributed by atoms with Gasteiger partial charge in [0.05, 0.1) is 18.5 Å². The Morgan fingerprint density at radius 2 is 2.20 bits per heavy atom. The van der Waals surface area contributed by atoms with Gasteiger partial charge in [0.25, 0.3) is 0 Å². The van der Waals surface area contributed by atoms with Gasteiger partial charge in [-0.2, -0.15) is 0 Å². The number of nitrogens with one attached hydrogen (secondary N) is 1. The lowest BCUT2D eigenvalue weighted by atomic mass is 10.1. The van der Waals surface area contributed by atoms with Gasteiger partial charge in [0, 0.05) is 25.0 Å². The quantitative estimate of drug-likeness (QED) is 0.926. The summed E-state index contributed by atoms with van der Waals surface area (Å²) in [5.41, 5.74) is 4.69. The first-order chi connectivity index (χ1) is 9.76. The number of aryl methyl sites for hydroxylation is 2. The third-order valence-corrected chi connectivity index (χ3v) is 3.79. The number of ether oxygens (including phenoxy) is 1. The summed E-state index contributed by atoms with van der Waals surface area (Å²) in [6.07, 6.45) is 5.89. The molecule has 3 rings (SSSR count). The Morgan fingerprint density at radius 3 is 2.95 bits per heavy atom. The number of hydrogen-bond donors (Lipinski definition) is 1. The lowest BCUT2D eigenvalue weighted by molar-refractivity contribution is 0.413. The number of methoxy groups -OCH3 is 1. The molecule has 0 radical (unpaired) electrons. The van der Waals surface area contributed by atoms with Crippen LogP contribution in [0, 0.1) is 6.92 Å². The van der Waals surface area contributed by atoms with Gasteiger partial charge in [-0.25, -0.2) is 0 Å². The van der Waals surface area contributed by atoms with Crippen molar-refractivity contribution in [3.63, 3.8) is 0 Å². The standard InChI is InChI=1S/C16H19N3O/c1-11-8-18-13(9-17-11)10-19-16-6-4-12-3-5-14(20-2)7-15(12)16/h3,5,7-9,16,19H,4,6,10H2,1-2H3. The van der Waals surface area contributed by atoms with Crippen molar-refractivity contribution in [2.75, 3.05) is 7.11 Å². The molecule has 0 spiro atoms. The van der Waals surface area contributed by atoms with Gasteiger partial charge >= 0.3 is 0 Å². The van der Waals surface area contributed by atoms with Crippen molar-refractivity contribution >= 4 is 0 Å². The molecule has 0 saturated heterocycles. The summed E-state index contributed by atoms with van der Waals surface area (Å²) in [6.45, 7) is 2.69. The lowest BCUT2D eigenvalue weighted by Crippen LogP contribution is -2.19. The smallest absolute Gasteiger partial charge is 0.119 e. The second kappa shape index (κ2) is 5.59. The second-order valence-electron chi connectivity index (χ2n) is 5.19. The highest BCUT2D eigenvalue weighted by Gasteiger charge is 2.22. The molecule has 20 heavy (non-hydrogen) atoms. The minimum Gasteiger partial charge on any atom is -0.497 e. The topological polar surface area (TPSA) is 47.0 Å². The van der Waals surface area contributed by atoms with Crippen LogP contribution in [0.25, 0.3) is 0 Å². The maximum absolute atomic E-state index is 5.31. The predicted molar refractivity (Wildman–Crippen MR) is 77.7 cm³/mol. The highest BCUT2D eigenvalue weighted by molar-refractivity contribution is 5.40. The Balaban J connectivity index is 1.70. The number of benzene rings is 1. The van der Waals surface area contributed by atoms with Crippen LogP contribution in [-0.2, 0) is 13.0 Å². The molecular formula is C16H19N3O. The molecule has 0 aliphatic heterocycles. The SMILES string of the molecule is COc1ccc2c(c1)C(NCc1cnc(C)cn1)CC2. The molecule has 104 valence electrons. The molecule has 1 atom stereocenters. The Kier molecular flexibility index (Phi) is 3.65. The number of fused-ring (bicyclic) bond motifs is 1. The summed E-state index contributed by atoms with van der Waals surface area (Å²) in [5, 5.41) is 3.57. The van der Waals surface area contributed by atoms with E-state index in [-0.39, 0.29) is 0 Å². The largest absolute Gasteiger partial charge is 0.497 e. The Bertz CT molecular complexity index is 595. The lowest BCUT2D eigenvalue weighted by Gasteiger charge is -2.14. The van der Waals surface area contributed by atoms with Crippen LogP contribution in [0.15, 0.2) is 30.6 Å². The van der Waals surface area contributed by atoms with Gasteiger partial charge in [0.15, 0.2) is 0 Å². The Labute approximate surface area is 119 Å². The molecule has 1 aliphatic carbocycles. The molecule has 4 nitrogen and oxygen atoms in total. The van der Waals surface area contributed by atoms with Crippen LogP contribution >= 0.6 is 0 Å². The summed E-state index contributed by atoms with van der Waals surface area (Å²) < 4.78 is 5.31. The summed E-state index contributed by atoms with van der Waals surface area (Å²) in [4.78, 5) is 8.65. The van der Waals surface area contributed by atoms with Crippen LogP contribution in [0.3, 0.4) is 0 Å². The highest BCUT2D eigenvalue weighted by atomic mass is 16.5. The van der Waals surface area contributed by atoms with Gasteiger partial charge in [-0.1, -0.05) is 6.07 Å². The van der Waals surface area contributed by atoms with Crippen LogP contribution in [-0.4, -0.2) is 17.1 Å². The van der Waals surface area contributed by atoms with Crippen LogP contribution in [0.5, 0.6) is 5.75 Å². The van der Waals surface area contributed by atoms with Gasteiger partial charge in [-0.15, -0.1) is 0 Å². The van der Waals surface area contributed by atoms with Gasteiger partial charge in [-0.05, 0) is 43.0 Å². The van der Waals surface area contributed by atoms with E-state index in [4.69, 9.17) is 4.74 Å². The molecular weight excluding hydrogens is 250 g/mol. The molecule has 0 amide bonds. The molecule has 2 aromatic rings. The first-order valence-electron chi connectivity index (χ1n) is 6.94.